The lowest BCUT2D eigenvalue weighted by atomic mass is 9.87. The van der Waals surface area contributed by atoms with Crippen LogP contribution in [0.15, 0.2) is 85.1 Å². The number of carbonyl (C=O) groups is 1. The van der Waals surface area contributed by atoms with Gasteiger partial charge in [-0.2, -0.15) is 0 Å². The summed E-state index contributed by atoms with van der Waals surface area (Å²) in [7, 11) is 0. The van der Waals surface area contributed by atoms with E-state index in [1.165, 1.54) is 0 Å². The Kier molecular flexibility index (Phi) is 7.52. The molecule has 5 heteroatoms. The first-order valence-corrected chi connectivity index (χ1v) is 13.3. The maximum absolute atomic E-state index is 14.0. The van der Waals surface area contributed by atoms with E-state index in [-0.39, 0.29) is 12.0 Å². The van der Waals surface area contributed by atoms with Crippen LogP contribution in [0.5, 0.6) is 11.5 Å². The summed E-state index contributed by atoms with van der Waals surface area (Å²) >= 11 is 0. The van der Waals surface area contributed by atoms with E-state index in [0.29, 0.717) is 17.4 Å². The third-order valence-corrected chi connectivity index (χ3v) is 7.60. The first-order valence-electron chi connectivity index (χ1n) is 13.3. The number of para-hydroxylation sites is 3. The number of aromatic nitrogens is 1. The van der Waals surface area contributed by atoms with Crippen LogP contribution in [0.4, 0.5) is 0 Å². The van der Waals surface area contributed by atoms with Crippen LogP contribution in [-0.4, -0.2) is 17.0 Å². The van der Waals surface area contributed by atoms with Crippen LogP contribution in [-0.2, 0) is 9.53 Å². The molecule has 0 amide bonds. The van der Waals surface area contributed by atoms with Gasteiger partial charge in [0.15, 0.2) is 0 Å². The summed E-state index contributed by atoms with van der Waals surface area (Å²) in [5, 5.41) is 0.952. The lowest BCUT2D eigenvalue weighted by Gasteiger charge is -2.31. The molecule has 5 rings (SSSR count). The molecule has 37 heavy (non-hydrogen) atoms. The van der Waals surface area contributed by atoms with Gasteiger partial charge in [-0.15, -0.1) is 0 Å². The Labute approximate surface area is 218 Å². The van der Waals surface area contributed by atoms with Crippen molar-refractivity contribution >= 4 is 16.9 Å². The SMILES string of the molecule is CCC(CC)CCC(N)C(OC(=O)C1c2ccccc2Oc2ccccc21)c1ccnc2ccccc12. The normalized spacial score (nSPS) is 14.5. The van der Waals surface area contributed by atoms with Gasteiger partial charge < -0.3 is 15.2 Å². The number of carbonyl (C=O) groups excluding carboxylic acids is 1. The zero-order valence-electron chi connectivity index (χ0n) is 21.5. The van der Waals surface area contributed by atoms with Crippen molar-refractivity contribution in [2.45, 2.75) is 57.6 Å². The Balaban J connectivity index is 1.52. The molecular weight excluding hydrogens is 460 g/mol. The molecule has 1 aromatic heterocycles. The first-order chi connectivity index (χ1) is 18.1. The second kappa shape index (κ2) is 11.1. The number of nitrogens with two attached hydrogens (primary N) is 1. The molecule has 5 nitrogen and oxygen atoms in total. The fourth-order valence-electron chi connectivity index (χ4n) is 5.38. The fourth-order valence-corrected chi connectivity index (χ4v) is 5.38. The highest BCUT2D eigenvalue weighted by molar-refractivity contribution is 5.87. The molecular formula is C32H34N2O3. The van der Waals surface area contributed by atoms with E-state index in [4.69, 9.17) is 15.2 Å². The minimum Gasteiger partial charge on any atom is -0.457 e. The Hall–Kier alpha value is -3.70. The summed E-state index contributed by atoms with van der Waals surface area (Å²) in [5.74, 6) is 1.03. The van der Waals surface area contributed by atoms with Gasteiger partial charge in [-0.1, -0.05) is 81.3 Å². The molecule has 3 aromatic carbocycles. The standard InChI is InChI=1S/C32H34N2O3/c1-3-21(4-2)17-18-26(33)31(23-19-20-34-27-14-8-5-11-22(23)27)37-32(35)30-24-12-6-9-15-28(24)36-29-16-10-7-13-25(29)30/h5-16,19-21,26,30-31H,3-4,17-18,33H2,1-2H3. The number of hydrogen-bond donors (Lipinski definition) is 1. The molecule has 0 saturated carbocycles. The molecule has 2 unspecified atom stereocenters. The average Bonchev–Trinajstić information content (AvgIpc) is 2.94. The van der Waals surface area contributed by atoms with Gasteiger partial charge >= 0.3 is 5.97 Å². The van der Waals surface area contributed by atoms with Gasteiger partial charge in [-0.3, -0.25) is 9.78 Å². The lowest BCUT2D eigenvalue weighted by Crippen LogP contribution is -2.34. The Bertz CT molecular complexity index is 1330. The molecule has 2 N–H and O–H groups in total. The van der Waals surface area contributed by atoms with E-state index in [9.17, 15) is 4.79 Å². The highest BCUT2D eigenvalue weighted by Gasteiger charge is 2.36. The zero-order valence-corrected chi connectivity index (χ0v) is 21.5. The maximum atomic E-state index is 14.0. The summed E-state index contributed by atoms with van der Waals surface area (Å²) < 4.78 is 12.5. The van der Waals surface area contributed by atoms with Crippen molar-refractivity contribution in [3.63, 3.8) is 0 Å². The van der Waals surface area contributed by atoms with E-state index in [0.717, 1.165) is 53.3 Å². The highest BCUT2D eigenvalue weighted by Crippen LogP contribution is 2.45. The third-order valence-electron chi connectivity index (χ3n) is 7.60. The van der Waals surface area contributed by atoms with Gasteiger partial charge in [0, 0.05) is 34.3 Å². The average molecular weight is 495 g/mol. The van der Waals surface area contributed by atoms with Crippen molar-refractivity contribution in [3.8, 4) is 11.5 Å². The van der Waals surface area contributed by atoms with Crippen molar-refractivity contribution in [1.29, 1.82) is 0 Å². The van der Waals surface area contributed by atoms with Crippen LogP contribution in [0.25, 0.3) is 10.9 Å². The second-order valence-electron chi connectivity index (χ2n) is 9.81. The van der Waals surface area contributed by atoms with Crippen molar-refractivity contribution in [2.24, 2.45) is 11.7 Å². The van der Waals surface area contributed by atoms with Gasteiger partial charge in [0.05, 0.1) is 5.52 Å². The van der Waals surface area contributed by atoms with E-state index in [1.807, 2.05) is 78.9 Å². The minimum atomic E-state index is -0.600. The summed E-state index contributed by atoms with van der Waals surface area (Å²) in [5.41, 5.74) is 10.2. The minimum absolute atomic E-state index is 0.327. The third kappa shape index (κ3) is 5.09. The van der Waals surface area contributed by atoms with Gasteiger partial charge in [0.1, 0.15) is 23.5 Å². The van der Waals surface area contributed by atoms with Crippen molar-refractivity contribution in [1.82, 2.24) is 4.98 Å². The molecule has 2 atom stereocenters. The first kappa shape index (κ1) is 25.0. The molecule has 0 radical (unpaired) electrons. The fraction of sp³-hybridized carbons (Fsp3) is 0.312. The van der Waals surface area contributed by atoms with Gasteiger partial charge in [-0.25, -0.2) is 0 Å². The molecule has 1 aliphatic rings. The molecule has 2 heterocycles. The molecule has 1 aliphatic heterocycles. The number of fused-ring (bicyclic) bond motifs is 3. The number of hydrogen-bond acceptors (Lipinski definition) is 5. The summed E-state index contributed by atoms with van der Waals surface area (Å²) in [6, 6.07) is 24.8. The summed E-state index contributed by atoms with van der Waals surface area (Å²) in [6.45, 7) is 4.43. The van der Waals surface area contributed by atoms with E-state index in [1.54, 1.807) is 6.20 Å². The molecule has 0 bridgehead atoms. The number of rotatable bonds is 9. The molecule has 0 aliphatic carbocycles. The van der Waals surface area contributed by atoms with Crippen LogP contribution in [0.1, 0.15) is 68.2 Å². The number of pyridine rings is 1. The van der Waals surface area contributed by atoms with Crippen molar-refractivity contribution < 1.29 is 14.3 Å². The zero-order chi connectivity index (χ0) is 25.8. The Morgan fingerprint density at radius 1 is 0.892 bits per heavy atom. The number of nitrogens with zero attached hydrogens (tertiary/aromatic N) is 1. The van der Waals surface area contributed by atoms with E-state index in [2.05, 4.69) is 18.8 Å². The topological polar surface area (TPSA) is 74.4 Å². The van der Waals surface area contributed by atoms with Gasteiger partial charge in [-0.05, 0) is 43.0 Å². The van der Waals surface area contributed by atoms with Crippen molar-refractivity contribution in [3.05, 3.63) is 102 Å². The molecule has 0 fully saturated rings. The number of esters is 1. The predicted molar refractivity (Wildman–Crippen MR) is 147 cm³/mol. The van der Waals surface area contributed by atoms with Gasteiger partial charge in [0.25, 0.3) is 0 Å². The van der Waals surface area contributed by atoms with Crippen LogP contribution in [0, 0.1) is 5.92 Å². The van der Waals surface area contributed by atoms with Gasteiger partial charge in [0.2, 0.25) is 0 Å². The largest absolute Gasteiger partial charge is 0.457 e. The predicted octanol–water partition coefficient (Wildman–Crippen LogP) is 7.30. The number of benzene rings is 3. The Morgan fingerprint density at radius 3 is 2.19 bits per heavy atom. The molecule has 4 aromatic rings. The van der Waals surface area contributed by atoms with Crippen LogP contribution in [0.3, 0.4) is 0 Å². The monoisotopic (exact) mass is 494 g/mol. The van der Waals surface area contributed by atoms with Crippen LogP contribution < -0.4 is 10.5 Å². The van der Waals surface area contributed by atoms with Crippen LogP contribution in [0.2, 0.25) is 0 Å². The highest BCUT2D eigenvalue weighted by atomic mass is 16.5. The Morgan fingerprint density at radius 2 is 1.51 bits per heavy atom. The molecule has 0 spiro atoms. The smallest absolute Gasteiger partial charge is 0.318 e. The lowest BCUT2D eigenvalue weighted by molar-refractivity contribution is -0.151. The summed E-state index contributed by atoms with van der Waals surface area (Å²) in [4.78, 5) is 18.6. The second-order valence-corrected chi connectivity index (χ2v) is 9.81. The molecule has 190 valence electrons. The number of ether oxygens (including phenoxy) is 2. The van der Waals surface area contributed by atoms with E-state index >= 15 is 0 Å². The summed E-state index contributed by atoms with van der Waals surface area (Å²) in [6.07, 6.45) is 5.15. The maximum Gasteiger partial charge on any atom is 0.318 e. The van der Waals surface area contributed by atoms with Crippen LogP contribution >= 0.6 is 0 Å². The van der Waals surface area contributed by atoms with Crippen molar-refractivity contribution in [2.75, 3.05) is 0 Å². The van der Waals surface area contributed by atoms with E-state index < -0.39 is 12.0 Å². The quantitative estimate of drug-likeness (QED) is 0.247. The molecule has 0 saturated heterocycles.